The first-order valence-electron chi connectivity index (χ1n) is 8.88. The molecule has 138 valence electrons. The molecule has 2 aliphatic rings. The quantitative estimate of drug-likeness (QED) is 0.603. The average Bonchev–Trinajstić information content (AvgIpc) is 2.62. The van der Waals surface area contributed by atoms with Crippen LogP contribution in [0.1, 0.15) is 32.6 Å². The van der Waals surface area contributed by atoms with Crippen LogP contribution in [0.5, 0.6) is 0 Å². The van der Waals surface area contributed by atoms with Gasteiger partial charge in [0.2, 0.25) is 10.0 Å². The minimum Gasteiger partial charge on any atom is -0.298 e. The predicted octanol–water partition coefficient (Wildman–Crippen LogP) is 2.48. The van der Waals surface area contributed by atoms with Crippen LogP contribution in [0.4, 0.5) is 5.69 Å². The van der Waals surface area contributed by atoms with E-state index >= 15 is 0 Å². The minimum atomic E-state index is -3.59. The van der Waals surface area contributed by atoms with Crippen LogP contribution < -0.4 is 0 Å². The number of benzene rings is 1. The van der Waals surface area contributed by atoms with E-state index in [1.54, 1.807) is 0 Å². The van der Waals surface area contributed by atoms with Crippen molar-refractivity contribution < 1.29 is 13.3 Å². The van der Waals surface area contributed by atoms with Crippen molar-refractivity contribution in [1.82, 2.24) is 9.21 Å². The first-order valence-corrected chi connectivity index (χ1v) is 10.3. The lowest BCUT2D eigenvalue weighted by molar-refractivity contribution is -0.384. The van der Waals surface area contributed by atoms with Gasteiger partial charge in [0, 0.05) is 44.4 Å². The van der Waals surface area contributed by atoms with E-state index in [1.165, 1.54) is 54.3 Å². The van der Waals surface area contributed by atoms with Gasteiger partial charge in [-0.2, -0.15) is 4.31 Å². The Bertz CT molecular complexity index is 712. The average molecular weight is 367 g/mol. The van der Waals surface area contributed by atoms with E-state index in [0.717, 1.165) is 13.1 Å². The Balaban J connectivity index is 1.66. The third-order valence-electron chi connectivity index (χ3n) is 5.49. The van der Waals surface area contributed by atoms with E-state index in [1.807, 2.05) is 0 Å². The molecule has 3 rings (SSSR count). The Morgan fingerprint density at radius 2 is 1.64 bits per heavy atom. The lowest BCUT2D eigenvalue weighted by Crippen LogP contribution is -2.53. The molecule has 0 aromatic heterocycles. The number of nitrogens with zero attached hydrogens (tertiary/aromatic N) is 3. The fourth-order valence-corrected chi connectivity index (χ4v) is 5.43. The van der Waals surface area contributed by atoms with Crippen LogP contribution >= 0.6 is 0 Å². The first-order chi connectivity index (χ1) is 11.9. The molecule has 1 saturated heterocycles. The summed E-state index contributed by atoms with van der Waals surface area (Å²) in [6, 6.07) is 5.70. The molecule has 1 aromatic rings. The van der Waals surface area contributed by atoms with Gasteiger partial charge in [-0.05, 0) is 30.9 Å². The largest absolute Gasteiger partial charge is 0.298 e. The normalized spacial score (nSPS) is 26.4. The molecule has 1 saturated carbocycles. The van der Waals surface area contributed by atoms with E-state index in [-0.39, 0.29) is 10.6 Å². The van der Waals surface area contributed by atoms with Crippen molar-refractivity contribution in [1.29, 1.82) is 0 Å². The van der Waals surface area contributed by atoms with Gasteiger partial charge < -0.3 is 0 Å². The van der Waals surface area contributed by atoms with E-state index in [9.17, 15) is 18.5 Å². The Morgan fingerprint density at radius 1 is 1.04 bits per heavy atom. The number of nitro groups is 1. The number of hydrogen-bond donors (Lipinski definition) is 0. The Hall–Kier alpha value is -1.51. The fraction of sp³-hybridized carbons (Fsp3) is 0.647. The summed E-state index contributed by atoms with van der Waals surface area (Å²) in [5, 5.41) is 10.7. The summed E-state index contributed by atoms with van der Waals surface area (Å²) >= 11 is 0. The van der Waals surface area contributed by atoms with Gasteiger partial charge >= 0.3 is 0 Å². The van der Waals surface area contributed by atoms with E-state index in [2.05, 4.69) is 11.8 Å². The third kappa shape index (κ3) is 3.86. The maximum absolute atomic E-state index is 12.8. The zero-order valence-electron chi connectivity index (χ0n) is 14.5. The molecule has 1 aliphatic heterocycles. The van der Waals surface area contributed by atoms with Crippen molar-refractivity contribution in [3.8, 4) is 0 Å². The monoisotopic (exact) mass is 367 g/mol. The maximum Gasteiger partial charge on any atom is 0.269 e. The summed E-state index contributed by atoms with van der Waals surface area (Å²) in [6.07, 6.45) is 5.02. The number of nitro benzene ring substituents is 1. The Morgan fingerprint density at radius 3 is 2.20 bits per heavy atom. The van der Waals surface area contributed by atoms with Crippen LogP contribution in [0.25, 0.3) is 0 Å². The molecular weight excluding hydrogens is 342 g/mol. The van der Waals surface area contributed by atoms with E-state index in [0.29, 0.717) is 25.0 Å². The van der Waals surface area contributed by atoms with Gasteiger partial charge in [0.15, 0.2) is 0 Å². The molecule has 0 N–H and O–H groups in total. The number of hydrogen-bond acceptors (Lipinski definition) is 5. The second kappa shape index (κ2) is 7.39. The van der Waals surface area contributed by atoms with Crippen molar-refractivity contribution in [2.75, 3.05) is 26.2 Å². The molecule has 0 amide bonds. The molecule has 0 bridgehead atoms. The lowest BCUT2D eigenvalue weighted by atomic mass is 9.84. The topological polar surface area (TPSA) is 83.8 Å². The molecule has 2 fully saturated rings. The predicted molar refractivity (Wildman–Crippen MR) is 94.8 cm³/mol. The Labute approximate surface area is 148 Å². The molecular formula is C17H25N3O4S. The van der Waals surface area contributed by atoms with Gasteiger partial charge in [0.05, 0.1) is 9.82 Å². The number of sulfonamides is 1. The standard InChI is InChI=1S/C17H25N3O4S/c1-14-4-2-3-5-17(14)18-10-12-19(13-11-18)25(23,24)16-8-6-15(7-9-16)20(21)22/h6-9,14,17H,2-5,10-13H2,1H3/t14-,17-/m0/s1. The van der Waals surface area contributed by atoms with Crippen LogP contribution in [-0.4, -0.2) is 54.8 Å². The summed E-state index contributed by atoms with van der Waals surface area (Å²) in [4.78, 5) is 12.7. The van der Waals surface area contributed by atoms with E-state index < -0.39 is 14.9 Å². The van der Waals surface area contributed by atoms with Crippen LogP contribution in [0.15, 0.2) is 29.2 Å². The highest BCUT2D eigenvalue weighted by Crippen LogP contribution is 2.29. The SMILES string of the molecule is C[C@H]1CCCC[C@@H]1N1CCN(S(=O)(=O)c2ccc([N+](=O)[O-])cc2)CC1. The number of piperazine rings is 1. The minimum absolute atomic E-state index is 0.102. The van der Waals surface area contributed by atoms with Crippen LogP contribution in [0, 0.1) is 16.0 Å². The van der Waals surface area contributed by atoms with Crippen molar-refractivity contribution in [2.24, 2.45) is 5.92 Å². The summed E-state index contributed by atoms with van der Waals surface area (Å²) in [6.45, 7) is 4.75. The van der Waals surface area contributed by atoms with Gasteiger partial charge in [-0.15, -0.1) is 0 Å². The molecule has 1 aliphatic carbocycles. The molecule has 25 heavy (non-hydrogen) atoms. The fourth-order valence-electron chi connectivity index (χ4n) is 4.00. The zero-order valence-corrected chi connectivity index (χ0v) is 15.3. The summed E-state index contributed by atoms with van der Waals surface area (Å²) in [5.41, 5.74) is -0.102. The summed E-state index contributed by atoms with van der Waals surface area (Å²) in [5.74, 6) is 0.673. The van der Waals surface area contributed by atoms with Crippen molar-refractivity contribution in [3.63, 3.8) is 0 Å². The van der Waals surface area contributed by atoms with Gasteiger partial charge in [-0.25, -0.2) is 8.42 Å². The summed E-state index contributed by atoms with van der Waals surface area (Å²) in [7, 11) is -3.59. The van der Waals surface area contributed by atoms with Crippen molar-refractivity contribution in [2.45, 2.75) is 43.5 Å². The second-order valence-corrected chi connectivity index (χ2v) is 8.96. The zero-order chi connectivity index (χ0) is 18.0. The van der Waals surface area contributed by atoms with Crippen LogP contribution in [-0.2, 0) is 10.0 Å². The van der Waals surface area contributed by atoms with Gasteiger partial charge in [0.25, 0.3) is 5.69 Å². The van der Waals surface area contributed by atoms with Gasteiger partial charge in [0.1, 0.15) is 0 Å². The van der Waals surface area contributed by atoms with Crippen molar-refractivity contribution in [3.05, 3.63) is 34.4 Å². The van der Waals surface area contributed by atoms with Gasteiger partial charge in [-0.1, -0.05) is 19.8 Å². The molecule has 2 atom stereocenters. The second-order valence-electron chi connectivity index (χ2n) is 7.02. The molecule has 8 heteroatoms. The van der Waals surface area contributed by atoms with Crippen LogP contribution in [0.3, 0.4) is 0 Å². The highest BCUT2D eigenvalue weighted by Gasteiger charge is 2.33. The molecule has 0 spiro atoms. The molecule has 0 radical (unpaired) electrons. The van der Waals surface area contributed by atoms with E-state index in [4.69, 9.17) is 0 Å². The molecule has 0 unspecified atom stereocenters. The summed E-state index contributed by atoms with van der Waals surface area (Å²) < 4.78 is 27.0. The number of non-ortho nitro benzene ring substituents is 1. The Kier molecular flexibility index (Phi) is 5.41. The first kappa shape index (κ1) is 18.3. The van der Waals surface area contributed by atoms with Crippen LogP contribution in [0.2, 0.25) is 0 Å². The lowest BCUT2D eigenvalue weighted by Gasteiger charge is -2.43. The molecule has 1 aromatic carbocycles. The maximum atomic E-state index is 12.8. The highest BCUT2D eigenvalue weighted by molar-refractivity contribution is 7.89. The molecule has 7 nitrogen and oxygen atoms in total. The highest BCUT2D eigenvalue weighted by atomic mass is 32.2. The van der Waals surface area contributed by atoms with Crippen molar-refractivity contribution >= 4 is 15.7 Å². The third-order valence-corrected chi connectivity index (χ3v) is 7.41. The van der Waals surface area contributed by atoms with Gasteiger partial charge in [-0.3, -0.25) is 15.0 Å². The smallest absolute Gasteiger partial charge is 0.269 e. The number of rotatable bonds is 4. The molecule has 1 heterocycles.